The van der Waals surface area contributed by atoms with Crippen LogP contribution in [0.4, 0.5) is 0 Å². The molecule has 1 heterocycles. The molecule has 1 fully saturated rings. The summed E-state index contributed by atoms with van der Waals surface area (Å²) in [6.45, 7) is 2.45. The number of halogens is 1. The van der Waals surface area contributed by atoms with Crippen molar-refractivity contribution in [1.29, 1.82) is 0 Å². The second-order valence-electron chi connectivity index (χ2n) is 4.98. The summed E-state index contributed by atoms with van der Waals surface area (Å²) in [5.74, 6) is 1.09. The molecule has 1 aromatic rings. The minimum absolute atomic E-state index is 0.0274. The first-order valence-corrected chi connectivity index (χ1v) is 8.52. The number of furan rings is 1. The van der Waals surface area contributed by atoms with Crippen LogP contribution in [0.5, 0.6) is 0 Å². The molecule has 1 unspecified atom stereocenters. The second-order valence-corrected chi connectivity index (χ2v) is 7.67. The van der Waals surface area contributed by atoms with Crippen LogP contribution in [0.1, 0.15) is 25.5 Å². The fourth-order valence-corrected chi connectivity index (χ4v) is 4.47. The third-order valence-corrected chi connectivity index (χ3v) is 6.39. The molecule has 0 bridgehead atoms. The lowest BCUT2D eigenvalue weighted by Gasteiger charge is -2.23. The average Bonchev–Trinajstić information content (AvgIpc) is 3.12. The smallest absolute Gasteiger partial charge is 0.247 e. The maximum Gasteiger partial charge on any atom is 0.247 e. The van der Waals surface area contributed by atoms with E-state index in [2.05, 4.69) is 21.2 Å². The highest BCUT2D eigenvalue weighted by Crippen LogP contribution is 2.37. The number of hydrogen-bond donors (Lipinski definition) is 1. The molecule has 0 spiro atoms. The van der Waals surface area contributed by atoms with E-state index < -0.39 is 10.0 Å². The van der Waals surface area contributed by atoms with Crippen LogP contribution >= 0.6 is 15.9 Å². The van der Waals surface area contributed by atoms with Gasteiger partial charge in [-0.2, -0.15) is 4.31 Å². The molecule has 2 rings (SSSR count). The predicted octanol–water partition coefficient (Wildman–Crippen LogP) is 2.18. The normalized spacial score (nSPS) is 17.9. The van der Waals surface area contributed by atoms with Crippen LogP contribution in [0.2, 0.25) is 0 Å². The van der Waals surface area contributed by atoms with Gasteiger partial charge >= 0.3 is 0 Å². The number of rotatable bonds is 6. The summed E-state index contributed by atoms with van der Waals surface area (Å²) in [4.78, 5) is 0.202. The molecule has 7 heteroatoms. The van der Waals surface area contributed by atoms with Crippen LogP contribution in [0.15, 0.2) is 20.0 Å². The van der Waals surface area contributed by atoms with E-state index >= 15 is 0 Å². The van der Waals surface area contributed by atoms with Crippen molar-refractivity contribution in [3.8, 4) is 0 Å². The first-order valence-electron chi connectivity index (χ1n) is 6.28. The van der Waals surface area contributed by atoms with Crippen molar-refractivity contribution in [2.45, 2.75) is 37.2 Å². The summed E-state index contributed by atoms with van der Waals surface area (Å²) >= 11 is 3.19. The van der Waals surface area contributed by atoms with Gasteiger partial charge < -0.3 is 9.73 Å². The second kappa shape index (κ2) is 5.55. The molecule has 0 saturated heterocycles. The van der Waals surface area contributed by atoms with E-state index in [9.17, 15) is 8.42 Å². The fraction of sp³-hybridized carbons (Fsp3) is 0.667. The van der Waals surface area contributed by atoms with Crippen LogP contribution in [0, 0.1) is 5.92 Å². The number of sulfonamides is 1. The Bertz CT molecular complexity index is 551. The van der Waals surface area contributed by atoms with Gasteiger partial charge in [0.15, 0.2) is 4.67 Å². The van der Waals surface area contributed by atoms with Crippen molar-refractivity contribution >= 4 is 26.0 Å². The van der Waals surface area contributed by atoms with Gasteiger partial charge in [0.05, 0.1) is 6.54 Å². The van der Waals surface area contributed by atoms with Gasteiger partial charge in [-0.15, -0.1) is 0 Å². The van der Waals surface area contributed by atoms with Crippen molar-refractivity contribution in [2.24, 2.45) is 5.92 Å². The van der Waals surface area contributed by atoms with Crippen molar-refractivity contribution in [3.05, 3.63) is 16.5 Å². The molecule has 0 radical (unpaired) electrons. The zero-order valence-corrected chi connectivity index (χ0v) is 13.7. The Kier molecular flexibility index (Phi) is 4.39. The van der Waals surface area contributed by atoms with Crippen molar-refractivity contribution in [3.63, 3.8) is 0 Å². The lowest BCUT2D eigenvalue weighted by molar-refractivity contribution is 0.356. The first-order chi connectivity index (χ1) is 8.87. The molecule has 108 valence electrons. The van der Waals surface area contributed by atoms with E-state index in [1.54, 1.807) is 20.2 Å². The van der Waals surface area contributed by atoms with E-state index in [1.807, 2.05) is 6.92 Å². The lowest BCUT2D eigenvalue weighted by Crippen LogP contribution is -2.36. The van der Waals surface area contributed by atoms with Crippen molar-refractivity contribution in [2.75, 3.05) is 14.1 Å². The van der Waals surface area contributed by atoms with Gasteiger partial charge in [-0.1, -0.05) is 0 Å². The van der Waals surface area contributed by atoms with Crippen LogP contribution < -0.4 is 5.32 Å². The van der Waals surface area contributed by atoms with E-state index in [-0.39, 0.29) is 15.6 Å². The summed E-state index contributed by atoms with van der Waals surface area (Å²) in [6.07, 6.45) is 2.22. The van der Waals surface area contributed by atoms with Gasteiger partial charge in [-0.05, 0) is 48.7 Å². The highest BCUT2D eigenvalue weighted by atomic mass is 79.9. The van der Waals surface area contributed by atoms with Gasteiger partial charge in [0.1, 0.15) is 10.7 Å². The molecule has 1 aromatic heterocycles. The Morgan fingerprint density at radius 1 is 1.58 bits per heavy atom. The molecule has 5 nitrogen and oxygen atoms in total. The molecule has 1 aliphatic carbocycles. The highest BCUT2D eigenvalue weighted by Gasteiger charge is 2.37. The summed E-state index contributed by atoms with van der Waals surface area (Å²) in [5.41, 5.74) is 0. The third kappa shape index (κ3) is 3.04. The number of hydrogen-bond acceptors (Lipinski definition) is 4. The molecular weight excluding hydrogens is 332 g/mol. The number of nitrogens with one attached hydrogen (secondary N) is 1. The van der Waals surface area contributed by atoms with E-state index in [4.69, 9.17) is 4.42 Å². The molecule has 1 saturated carbocycles. The predicted molar refractivity (Wildman–Crippen MR) is 76.3 cm³/mol. The maximum absolute atomic E-state index is 12.6. The Balaban J connectivity index is 2.27. The Labute approximate surface area is 122 Å². The Morgan fingerprint density at radius 3 is 2.74 bits per heavy atom. The summed E-state index contributed by atoms with van der Waals surface area (Å²) in [5, 5.41) is 2.93. The molecule has 0 aliphatic heterocycles. The van der Waals surface area contributed by atoms with Gasteiger partial charge in [0.2, 0.25) is 10.0 Å². The standard InChI is InChI=1S/C12H19BrN2O3S/c1-8(9-4-5-9)15(3)19(16,17)11-6-10(7-14-2)18-12(11)13/h6,8-9,14H,4-5,7H2,1-3H3. The highest BCUT2D eigenvalue weighted by molar-refractivity contribution is 9.10. The molecule has 1 aliphatic rings. The SMILES string of the molecule is CNCc1cc(S(=O)(=O)N(C)C(C)C2CC2)c(Br)o1. The van der Waals surface area contributed by atoms with Crippen molar-refractivity contribution in [1.82, 2.24) is 9.62 Å². The molecule has 19 heavy (non-hydrogen) atoms. The fourth-order valence-electron chi connectivity index (χ4n) is 2.08. The van der Waals surface area contributed by atoms with Crippen LogP contribution in [0.3, 0.4) is 0 Å². The molecular formula is C12H19BrN2O3S. The minimum atomic E-state index is -3.51. The first kappa shape index (κ1) is 15.0. The van der Waals surface area contributed by atoms with Crippen LogP contribution in [0.25, 0.3) is 0 Å². The third-order valence-electron chi connectivity index (χ3n) is 3.59. The number of nitrogens with zero attached hydrogens (tertiary/aromatic N) is 1. The maximum atomic E-state index is 12.6. The Morgan fingerprint density at radius 2 is 2.21 bits per heavy atom. The molecule has 0 amide bonds. The topological polar surface area (TPSA) is 62.6 Å². The Hall–Kier alpha value is -0.370. The van der Waals surface area contributed by atoms with Crippen molar-refractivity contribution < 1.29 is 12.8 Å². The van der Waals surface area contributed by atoms with Gasteiger partial charge in [0.25, 0.3) is 0 Å². The molecule has 1 N–H and O–H groups in total. The van der Waals surface area contributed by atoms with Crippen LogP contribution in [-0.2, 0) is 16.6 Å². The van der Waals surface area contributed by atoms with Gasteiger partial charge in [-0.3, -0.25) is 0 Å². The zero-order chi connectivity index (χ0) is 14.2. The van der Waals surface area contributed by atoms with E-state index in [1.165, 1.54) is 4.31 Å². The summed E-state index contributed by atoms with van der Waals surface area (Å²) < 4.78 is 32.2. The zero-order valence-electron chi connectivity index (χ0n) is 11.3. The summed E-state index contributed by atoms with van der Waals surface area (Å²) in [7, 11) is -0.0884. The van der Waals surface area contributed by atoms with Crippen LogP contribution in [-0.4, -0.2) is 32.9 Å². The quantitative estimate of drug-likeness (QED) is 0.853. The molecule has 1 atom stereocenters. The lowest BCUT2D eigenvalue weighted by atomic mass is 10.2. The average molecular weight is 351 g/mol. The minimum Gasteiger partial charge on any atom is -0.452 e. The summed E-state index contributed by atoms with van der Waals surface area (Å²) in [6, 6.07) is 1.60. The van der Waals surface area contributed by atoms with Gasteiger partial charge in [0, 0.05) is 19.2 Å². The largest absolute Gasteiger partial charge is 0.452 e. The van der Waals surface area contributed by atoms with E-state index in [0.717, 1.165) is 12.8 Å². The van der Waals surface area contributed by atoms with E-state index in [0.29, 0.717) is 18.2 Å². The molecule has 0 aromatic carbocycles. The monoisotopic (exact) mass is 350 g/mol. The van der Waals surface area contributed by atoms with Gasteiger partial charge in [-0.25, -0.2) is 8.42 Å².